The normalized spacial score (nSPS) is 28.9. The monoisotopic (exact) mass is 440 g/mol. The molecule has 4 rings (SSSR count). The minimum atomic E-state index is -4.12. The SMILES string of the molecule is CC1CCN(C(=O)C2CCN(S(=O)(=O)c3cc(F)ccc3F)CC2)C2CCCCC12. The zero-order chi connectivity index (χ0) is 21.5. The van der Waals surface area contributed by atoms with Gasteiger partial charge in [-0.1, -0.05) is 19.8 Å². The van der Waals surface area contributed by atoms with Gasteiger partial charge < -0.3 is 4.90 Å². The molecule has 5 nitrogen and oxygen atoms in total. The second-order valence-corrected chi connectivity index (χ2v) is 11.0. The fourth-order valence-corrected chi connectivity index (χ4v) is 7.12. The van der Waals surface area contributed by atoms with E-state index in [2.05, 4.69) is 11.8 Å². The van der Waals surface area contributed by atoms with Gasteiger partial charge in [-0.05, 0) is 62.1 Å². The molecule has 30 heavy (non-hydrogen) atoms. The van der Waals surface area contributed by atoms with Gasteiger partial charge >= 0.3 is 0 Å². The quantitative estimate of drug-likeness (QED) is 0.719. The maximum Gasteiger partial charge on any atom is 0.246 e. The first-order chi connectivity index (χ1) is 14.3. The lowest BCUT2D eigenvalue weighted by atomic mass is 9.72. The van der Waals surface area contributed by atoms with Crippen molar-refractivity contribution >= 4 is 15.9 Å². The standard InChI is InChI=1S/C22H30F2N2O3S/c1-15-8-13-26(20-5-3-2-4-18(15)20)22(27)16-9-11-25(12-10-16)30(28,29)21-14-17(23)6-7-19(21)24/h6-7,14-16,18,20H,2-5,8-13H2,1H3. The molecule has 3 fully saturated rings. The molecule has 2 saturated heterocycles. The minimum absolute atomic E-state index is 0.146. The van der Waals surface area contributed by atoms with Crippen molar-refractivity contribution in [3.05, 3.63) is 29.8 Å². The molecule has 0 radical (unpaired) electrons. The van der Waals surface area contributed by atoms with E-state index in [1.54, 1.807) is 0 Å². The number of piperidine rings is 2. The number of halogens is 2. The van der Waals surface area contributed by atoms with Crippen LogP contribution in [0.4, 0.5) is 8.78 Å². The number of benzene rings is 1. The van der Waals surface area contributed by atoms with Gasteiger partial charge in [0.15, 0.2) is 0 Å². The zero-order valence-corrected chi connectivity index (χ0v) is 18.2. The summed E-state index contributed by atoms with van der Waals surface area (Å²) in [5, 5.41) is 0. The molecule has 0 N–H and O–H groups in total. The molecule has 3 aliphatic rings. The third kappa shape index (κ3) is 4.00. The fourth-order valence-electron chi connectivity index (χ4n) is 5.58. The van der Waals surface area contributed by atoms with Crippen LogP contribution in [0.5, 0.6) is 0 Å². The van der Waals surface area contributed by atoms with Gasteiger partial charge in [-0.15, -0.1) is 0 Å². The minimum Gasteiger partial charge on any atom is -0.339 e. The number of nitrogens with zero attached hydrogens (tertiary/aromatic N) is 2. The van der Waals surface area contributed by atoms with Crippen LogP contribution in [0, 0.1) is 29.4 Å². The summed E-state index contributed by atoms with van der Waals surface area (Å²) in [6.45, 7) is 3.37. The van der Waals surface area contributed by atoms with Crippen LogP contribution in [0.2, 0.25) is 0 Å². The van der Waals surface area contributed by atoms with E-state index < -0.39 is 26.6 Å². The maximum absolute atomic E-state index is 14.0. The average molecular weight is 441 g/mol. The molecular formula is C22H30F2N2O3S. The Balaban J connectivity index is 1.43. The van der Waals surface area contributed by atoms with Crippen molar-refractivity contribution in [2.75, 3.05) is 19.6 Å². The molecule has 2 aliphatic heterocycles. The smallest absolute Gasteiger partial charge is 0.246 e. The van der Waals surface area contributed by atoms with Crippen molar-refractivity contribution in [2.24, 2.45) is 17.8 Å². The third-order valence-electron chi connectivity index (χ3n) is 7.34. The number of hydrogen-bond acceptors (Lipinski definition) is 3. The van der Waals surface area contributed by atoms with E-state index in [-0.39, 0.29) is 24.9 Å². The summed E-state index contributed by atoms with van der Waals surface area (Å²) < 4.78 is 54.3. The summed E-state index contributed by atoms with van der Waals surface area (Å²) >= 11 is 0. The number of hydrogen-bond donors (Lipinski definition) is 0. The van der Waals surface area contributed by atoms with Crippen LogP contribution in [0.1, 0.15) is 51.9 Å². The summed E-state index contributed by atoms with van der Waals surface area (Å²) in [6, 6.07) is 2.77. The third-order valence-corrected chi connectivity index (χ3v) is 9.25. The summed E-state index contributed by atoms with van der Waals surface area (Å²) in [5.74, 6) is -0.584. The average Bonchev–Trinajstić information content (AvgIpc) is 2.75. The van der Waals surface area contributed by atoms with Crippen molar-refractivity contribution in [3.63, 3.8) is 0 Å². The zero-order valence-electron chi connectivity index (χ0n) is 17.4. The highest BCUT2D eigenvalue weighted by Crippen LogP contribution is 2.40. The van der Waals surface area contributed by atoms with Crippen LogP contribution < -0.4 is 0 Å². The molecule has 1 aliphatic carbocycles. The molecule has 1 aromatic carbocycles. The van der Waals surface area contributed by atoms with E-state index in [0.29, 0.717) is 30.7 Å². The van der Waals surface area contributed by atoms with Gasteiger partial charge in [-0.2, -0.15) is 4.31 Å². The Kier molecular flexibility index (Phi) is 6.17. The van der Waals surface area contributed by atoms with E-state index >= 15 is 0 Å². The number of carbonyl (C=O) groups is 1. The van der Waals surface area contributed by atoms with E-state index in [9.17, 15) is 22.0 Å². The highest BCUT2D eigenvalue weighted by Gasteiger charge is 2.42. The molecule has 8 heteroatoms. The Hall–Kier alpha value is -1.54. The predicted molar refractivity (Wildman–Crippen MR) is 109 cm³/mol. The predicted octanol–water partition coefficient (Wildman–Crippen LogP) is 3.79. The highest BCUT2D eigenvalue weighted by molar-refractivity contribution is 7.89. The van der Waals surface area contributed by atoms with E-state index in [0.717, 1.165) is 44.0 Å². The van der Waals surface area contributed by atoms with Gasteiger partial charge in [0.2, 0.25) is 15.9 Å². The van der Waals surface area contributed by atoms with Crippen LogP contribution >= 0.6 is 0 Å². The van der Waals surface area contributed by atoms with E-state index in [1.165, 1.54) is 17.1 Å². The van der Waals surface area contributed by atoms with Crippen molar-refractivity contribution in [1.82, 2.24) is 9.21 Å². The first-order valence-electron chi connectivity index (χ1n) is 11.0. The number of amides is 1. The summed E-state index contributed by atoms with van der Waals surface area (Å²) in [7, 11) is -4.12. The van der Waals surface area contributed by atoms with Crippen LogP contribution in [0.15, 0.2) is 23.1 Å². The first-order valence-corrected chi connectivity index (χ1v) is 12.5. The number of sulfonamides is 1. The summed E-state index contributed by atoms with van der Waals surface area (Å²) in [4.78, 5) is 14.7. The van der Waals surface area contributed by atoms with Gasteiger partial charge in [0.25, 0.3) is 0 Å². The molecule has 3 atom stereocenters. The molecule has 1 saturated carbocycles. The van der Waals surface area contributed by atoms with E-state index in [1.807, 2.05) is 0 Å². The number of fused-ring (bicyclic) bond motifs is 1. The second kappa shape index (κ2) is 8.54. The fraction of sp³-hybridized carbons (Fsp3) is 0.682. The topological polar surface area (TPSA) is 57.7 Å². The Morgan fingerprint density at radius 2 is 1.70 bits per heavy atom. The summed E-state index contributed by atoms with van der Waals surface area (Å²) in [6.07, 6.45) is 6.50. The van der Waals surface area contributed by atoms with E-state index in [4.69, 9.17) is 0 Å². The van der Waals surface area contributed by atoms with Gasteiger partial charge in [0, 0.05) is 31.6 Å². The Morgan fingerprint density at radius 1 is 1.00 bits per heavy atom. The van der Waals surface area contributed by atoms with Gasteiger partial charge in [-0.3, -0.25) is 4.79 Å². The van der Waals surface area contributed by atoms with Crippen LogP contribution in [-0.4, -0.2) is 49.2 Å². The highest BCUT2D eigenvalue weighted by atomic mass is 32.2. The number of carbonyl (C=O) groups excluding carboxylic acids is 1. The molecular weight excluding hydrogens is 410 g/mol. The maximum atomic E-state index is 14.0. The molecule has 1 amide bonds. The lowest BCUT2D eigenvalue weighted by Gasteiger charge is -2.48. The molecule has 1 aromatic rings. The first kappa shape index (κ1) is 21.7. The molecule has 0 bridgehead atoms. The molecule has 2 heterocycles. The largest absolute Gasteiger partial charge is 0.339 e. The van der Waals surface area contributed by atoms with Crippen LogP contribution in [0.3, 0.4) is 0 Å². The molecule has 0 spiro atoms. The van der Waals surface area contributed by atoms with Crippen molar-refractivity contribution in [2.45, 2.75) is 62.8 Å². The summed E-state index contributed by atoms with van der Waals surface area (Å²) in [5.41, 5.74) is 0. The Morgan fingerprint density at radius 3 is 2.43 bits per heavy atom. The van der Waals surface area contributed by atoms with Gasteiger partial charge in [0.1, 0.15) is 16.5 Å². The Bertz CT molecular complexity index is 900. The van der Waals surface area contributed by atoms with Crippen molar-refractivity contribution in [1.29, 1.82) is 0 Å². The van der Waals surface area contributed by atoms with Gasteiger partial charge in [0.05, 0.1) is 0 Å². The molecule has 166 valence electrons. The van der Waals surface area contributed by atoms with Crippen LogP contribution in [0.25, 0.3) is 0 Å². The Labute approximate surface area is 177 Å². The van der Waals surface area contributed by atoms with Crippen molar-refractivity contribution < 1.29 is 22.0 Å². The molecule has 3 unspecified atom stereocenters. The number of likely N-dealkylation sites (tertiary alicyclic amines) is 1. The lowest BCUT2D eigenvalue weighted by Crippen LogP contribution is -2.55. The van der Waals surface area contributed by atoms with Gasteiger partial charge in [-0.25, -0.2) is 17.2 Å². The lowest BCUT2D eigenvalue weighted by molar-refractivity contribution is -0.144. The second-order valence-electron chi connectivity index (χ2n) is 9.07. The molecule has 0 aromatic heterocycles. The number of rotatable bonds is 3. The van der Waals surface area contributed by atoms with Crippen molar-refractivity contribution in [3.8, 4) is 0 Å². The van der Waals surface area contributed by atoms with Crippen LogP contribution in [-0.2, 0) is 14.8 Å².